The van der Waals surface area contributed by atoms with Gasteiger partial charge < -0.3 is 0 Å². The number of aryl methyl sites for hydroxylation is 3. The average Bonchev–Trinajstić information content (AvgIpc) is 2.76. The molecule has 0 atom stereocenters. The molecule has 1 N–H and O–H groups in total. The predicted molar refractivity (Wildman–Crippen MR) is 79.4 cm³/mol. The minimum atomic E-state index is -3.61. The Morgan fingerprint density at radius 2 is 1.80 bits per heavy atom. The molecule has 1 aromatic carbocycles. The second-order valence-corrected chi connectivity index (χ2v) is 6.43. The van der Waals surface area contributed by atoms with Crippen LogP contribution in [0.4, 0.5) is 5.69 Å². The molecule has 0 fully saturated rings. The van der Waals surface area contributed by atoms with Crippen molar-refractivity contribution in [3.63, 3.8) is 0 Å². The summed E-state index contributed by atoms with van der Waals surface area (Å²) >= 11 is 0. The van der Waals surface area contributed by atoms with Crippen LogP contribution in [0.1, 0.15) is 23.7 Å². The number of nitrogens with zero attached hydrogens (tertiary/aromatic N) is 2. The molecule has 1 aromatic heterocycles. The molecule has 0 spiro atoms. The average molecular weight is 293 g/mol. The first-order chi connectivity index (χ1) is 9.36. The topological polar surface area (TPSA) is 64.0 Å². The Bertz CT molecular complexity index is 713. The molecule has 0 aliphatic heterocycles. The molecule has 0 unspecified atom stereocenters. The summed E-state index contributed by atoms with van der Waals surface area (Å²) in [4.78, 5) is 0.224. The number of aromatic nitrogens is 2. The molecule has 0 saturated carbocycles. The van der Waals surface area contributed by atoms with E-state index in [9.17, 15) is 8.42 Å². The number of rotatable bonds is 4. The Labute approximate surface area is 119 Å². The smallest absolute Gasteiger partial charge is 0.265 e. The number of hydrogen-bond donors (Lipinski definition) is 1. The van der Waals surface area contributed by atoms with Gasteiger partial charge in [-0.05, 0) is 38.8 Å². The zero-order valence-corrected chi connectivity index (χ0v) is 13.0. The molecule has 2 rings (SSSR count). The van der Waals surface area contributed by atoms with Gasteiger partial charge in [0.25, 0.3) is 10.0 Å². The molecule has 0 amide bonds. The molecule has 0 radical (unpaired) electrons. The van der Waals surface area contributed by atoms with E-state index in [4.69, 9.17) is 0 Å². The number of para-hydroxylation sites is 1. The third kappa shape index (κ3) is 2.56. The molecule has 0 saturated heterocycles. The minimum absolute atomic E-state index is 0.224. The van der Waals surface area contributed by atoms with Gasteiger partial charge in [0.05, 0.1) is 17.6 Å². The van der Waals surface area contributed by atoms with Crippen LogP contribution >= 0.6 is 0 Å². The Hall–Kier alpha value is -1.82. The van der Waals surface area contributed by atoms with Gasteiger partial charge in [-0.1, -0.05) is 18.2 Å². The normalized spacial score (nSPS) is 11.6. The van der Waals surface area contributed by atoms with Gasteiger partial charge in [0.2, 0.25) is 0 Å². The summed E-state index contributed by atoms with van der Waals surface area (Å²) in [5.74, 6) is 0. The third-order valence-electron chi connectivity index (χ3n) is 3.36. The van der Waals surface area contributed by atoms with Crippen LogP contribution in [0, 0.1) is 20.8 Å². The van der Waals surface area contributed by atoms with Gasteiger partial charge in [-0.25, -0.2) is 8.42 Å². The largest absolute Gasteiger partial charge is 0.279 e. The molecule has 1 heterocycles. The maximum Gasteiger partial charge on any atom is 0.265 e. The second-order valence-electron chi connectivity index (χ2n) is 4.78. The van der Waals surface area contributed by atoms with E-state index in [1.807, 2.05) is 39.0 Å². The van der Waals surface area contributed by atoms with E-state index in [1.165, 1.54) is 6.20 Å². The van der Waals surface area contributed by atoms with Crippen molar-refractivity contribution in [2.75, 3.05) is 4.72 Å². The highest BCUT2D eigenvalue weighted by Crippen LogP contribution is 2.24. The summed E-state index contributed by atoms with van der Waals surface area (Å²) in [5.41, 5.74) is 3.07. The highest BCUT2D eigenvalue weighted by molar-refractivity contribution is 7.92. The van der Waals surface area contributed by atoms with Crippen molar-refractivity contribution in [1.82, 2.24) is 9.78 Å². The van der Waals surface area contributed by atoms with Crippen molar-refractivity contribution in [3.05, 3.63) is 41.2 Å². The summed E-state index contributed by atoms with van der Waals surface area (Å²) < 4.78 is 29.3. The number of hydrogen-bond acceptors (Lipinski definition) is 3. The SMILES string of the molecule is CCn1ncc(S(=O)(=O)Nc2c(C)cccc2C)c1C. The van der Waals surface area contributed by atoms with Crippen molar-refractivity contribution in [2.24, 2.45) is 0 Å². The van der Waals surface area contributed by atoms with Gasteiger partial charge in [0.15, 0.2) is 0 Å². The van der Waals surface area contributed by atoms with Crippen molar-refractivity contribution < 1.29 is 8.42 Å². The first kappa shape index (κ1) is 14.6. The summed E-state index contributed by atoms with van der Waals surface area (Å²) in [5, 5.41) is 4.08. The molecule has 0 aliphatic carbocycles. The number of anilines is 1. The van der Waals surface area contributed by atoms with E-state index in [-0.39, 0.29) is 4.90 Å². The fourth-order valence-corrected chi connectivity index (χ4v) is 3.56. The maximum atomic E-state index is 12.5. The third-order valence-corrected chi connectivity index (χ3v) is 4.82. The maximum absolute atomic E-state index is 12.5. The first-order valence-electron chi connectivity index (χ1n) is 6.48. The zero-order valence-electron chi connectivity index (χ0n) is 12.1. The van der Waals surface area contributed by atoms with Crippen LogP contribution in [0.3, 0.4) is 0 Å². The van der Waals surface area contributed by atoms with Gasteiger partial charge in [-0.2, -0.15) is 5.10 Å². The van der Waals surface area contributed by atoms with Gasteiger partial charge >= 0.3 is 0 Å². The van der Waals surface area contributed by atoms with Gasteiger partial charge in [0, 0.05) is 6.54 Å². The minimum Gasteiger partial charge on any atom is -0.279 e. The molecular weight excluding hydrogens is 274 g/mol. The monoisotopic (exact) mass is 293 g/mol. The standard InChI is InChI=1S/C14H19N3O2S/c1-5-17-12(4)13(9-15-17)20(18,19)16-14-10(2)7-6-8-11(14)3/h6-9,16H,5H2,1-4H3. The lowest BCUT2D eigenvalue weighted by molar-refractivity contribution is 0.598. The molecule has 20 heavy (non-hydrogen) atoms. The van der Waals surface area contributed by atoms with Gasteiger partial charge in [-0.3, -0.25) is 9.40 Å². The van der Waals surface area contributed by atoms with Crippen molar-refractivity contribution in [2.45, 2.75) is 39.1 Å². The first-order valence-corrected chi connectivity index (χ1v) is 7.96. The predicted octanol–water partition coefficient (Wildman–Crippen LogP) is 2.63. The van der Waals surface area contributed by atoms with Crippen LogP contribution in [0.25, 0.3) is 0 Å². The van der Waals surface area contributed by atoms with Gasteiger partial charge in [0.1, 0.15) is 4.90 Å². The van der Waals surface area contributed by atoms with E-state index in [1.54, 1.807) is 11.6 Å². The molecule has 0 bridgehead atoms. The highest BCUT2D eigenvalue weighted by atomic mass is 32.2. The second kappa shape index (κ2) is 5.28. The Morgan fingerprint density at radius 3 is 2.30 bits per heavy atom. The summed E-state index contributed by atoms with van der Waals surface area (Å²) in [7, 11) is -3.61. The fraction of sp³-hybridized carbons (Fsp3) is 0.357. The van der Waals surface area contributed by atoms with Crippen molar-refractivity contribution >= 4 is 15.7 Å². The summed E-state index contributed by atoms with van der Waals surface area (Å²) in [6, 6.07) is 5.67. The molecule has 6 heteroatoms. The zero-order chi connectivity index (χ0) is 14.9. The molecule has 5 nitrogen and oxygen atoms in total. The molecule has 0 aliphatic rings. The Balaban J connectivity index is 2.44. The molecule has 2 aromatic rings. The van der Waals surface area contributed by atoms with E-state index in [2.05, 4.69) is 9.82 Å². The summed E-state index contributed by atoms with van der Waals surface area (Å²) in [6.07, 6.45) is 1.40. The van der Waals surface area contributed by atoms with E-state index in [0.29, 0.717) is 17.9 Å². The van der Waals surface area contributed by atoms with Gasteiger partial charge in [-0.15, -0.1) is 0 Å². The lowest BCUT2D eigenvalue weighted by atomic mass is 10.1. The quantitative estimate of drug-likeness (QED) is 0.942. The van der Waals surface area contributed by atoms with Crippen LogP contribution in [0.5, 0.6) is 0 Å². The van der Waals surface area contributed by atoms with E-state index < -0.39 is 10.0 Å². The fourth-order valence-electron chi connectivity index (χ4n) is 2.18. The van der Waals surface area contributed by atoms with E-state index >= 15 is 0 Å². The number of benzene rings is 1. The summed E-state index contributed by atoms with van der Waals surface area (Å²) in [6.45, 7) is 8.09. The molecule has 108 valence electrons. The van der Waals surface area contributed by atoms with Crippen LogP contribution < -0.4 is 4.72 Å². The Morgan fingerprint density at radius 1 is 1.20 bits per heavy atom. The van der Waals surface area contributed by atoms with Crippen LogP contribution in [0.2, 0.25) is 0 Å². The van der Waals surface area contributed by atoms with Crippen LogP contribution in [0.15, 0.2) is 29.3 Å². The molecular formula is C14H19N3O2S. The van der Waals surface area contributed by atoms with Crippen molar-refractivity contribution in [1.29, 1.82) is 0 Å². The lowest BCUT2D eigenvalue weighted by Gasteiger charge is -2.13. The Kier molecular flexibility index (Phi) is 3.85. The number of nitrogens with one attached hydrogen (secondary N) is 1. The van der Waals surface area contributed by atoms with Crippen LogP contribution in [-0.4, -0.2) is 18.2 Å². The van der Waals surface area contributed by atoms with Crippen LogP contribution in [-0.2, 0) is 16.6 Å². The lowest BCUT2D eigenvalue weighted by Crippen LogP contribution is -2.15. The van der Waals surface area contributed by atoms with E-state index in [0.717, 1.165) is 11.1 Å². The highest BCUT2D eigenvalue weighted by Gasteiger charge is 2.21. The van der Waals surface area contributed by atoms with Crippen molar-refractivity contribution in [3.8, 4) is 0 Å². The number of sulfonamides is 1.